The molecular formula is C14H17N3O2S. The van der Waals surface area contributed by atoms with Gasteiger partial charge in [-0.1, -0.05) is 18.0 Å². The second kappa shape index (κ2) is 5.83. The molecule has 2 aromatic heterocycles. The molecule has 1 saturated carbocycles. The van der Waals surface area contributed by atoms with E-state index in [1.54, 1.807) is 11.3 Å². The van der Waals surface area contributed by atoms with Crippen molar-refractivity contribution in [2.45, 2.75) is 51.4 Å². The summed E-state index contributed by atoms with van der Waals surface area (Å²) in [6.45, 7) is 1.97. The minimum atomic E-state index is -0.198. The molecule has 6 heteroatoms. The predicted molar refractivity (Wildman–Crippen MR) is 74.8 cm³/mol. The Morgan fingerprint density at radius 2 is 2.25 bits per heavy atom. The van der Waals surface area contributed by atoms with E-state index in [9.17, 15) is 4.79 Å². The van der Waals surface area contributed by atoms with Crippen LogP contribution in [0.1, 0.15) is 60.4 Å². The van der Waals surface area contributed by atoms with E-state index in [4.69, 9.17) is 4.52 Å². The van der Waals surface area contributed by atoms with Crippen molar-refractivity contribution in [1.29, 1.82) is 0 Å². The van der Waals surface area contributed by atoms with Gasteiger partial charge in [0.2, 0.25) is 5.89 Å². The molecule has 0 N–H and O–H groups in total. The molecule has 0 bridgehead atoms. The van der Waals surface area contributed by atoms with E-state index in [1.807, 2.05) is 12.3 Å². The molecule has 2 aromatic rings. The summed E-state index contributed by atoms with van der Waals surface area (Å²) in [7, 11) is 0. The second-order valence-corrected chi connectivity index (χ2v) is 6.26. The third-order valence-electron chi connectivity index (χ3n) is 3.59. The topological polar surface area (TPSA) is 68.9 Å². The normalized spacial score (nSPS) is 20.1. The number of Topliss-reactive ketones (excluding diaryl/α,β-unsaturated/α-hetero) is 1. The summed E-state index contributed by atoms with van der Waals surface area (Å²) in [6.07, 6.45) is 5.17. The maximum atomic E-state index is 12.0. The summed E-state index contributed by atoms with van der Waals surface area (Å²) in [5.74, 6) is 1.14. The van der Waals surface area contributed by atoms with E-state index in [0.717, 1.165) is 36.4 Å². The molecule has 1 aliphatic rings. The Bertz CT molecular complexity index is 605. The Morgan fingerprint density at radius 1 is 1.35 bits per heavy atom. The minimum absolute atomic E-state index is 0.198. The number of carbonyl (C=O) groups excluding carboxylic acids is 1. The highest BCUT2D eigenvalue weighted by Gasteiger charge is 2.27. The second-order valence-electron chi connectivity index (χ2n) is 5.20. The first-order valence-electron chi connectivity index (χ1n) is 6.98. The van der Waals surface area contributed by atoms with Crippen molar-refractivity contribution in [3.05, 3.63) is 27.8 Å². The van der Waals surface area contributed by atoms with E-state index < -0.39 is 0 Å². The third kappa shape index (κ3) is 2.95. The van der Waals surface area contributed by atoms with Gasteiger partial charge in [-0.2, -0.15) is 4.98 Å². The van der Waals surface area contributed by atoms with Crippen LogP contribution in [0, 0.1) is 6.92 Å². The van der Waals surface area contributed by atoms with Gasteiger partial charge in [0.05, 0.1) is 23.0 Å². The van der Waals surface area contributed by atoms with Gasteiger partial charge in [0.15, 0.2) is 5.82 Å². The molecule has 106 valence electrons. The highest BCUT2D eigenvalue weighted by molar-refractivity contribution is 7.09. The molecule has 0 amide bonds. The molecule has 1 aliphatic carbocycles. The van der Waals surface area contributed by atoms with E-state index in [1.165, 1.54) is 0 Å². The van der Waals surface area contributed by atoms with Crippen LogP contribution in [0.4, 0.5) is 0 Å². The van der Waals surface area contributed by atoms with Crippen LogP contribution >= 0.6 is 11.3 Å². The average molecular weight is 291 g/mol. The number of thiazole rings is 1. The number of aryl methyl sites for hydroxylation is 1. The lowest BCUT2D eigenvalue weighted by molar-refractivity contribution is -0.120. The number of hydrogen-bond donors (Lipinski definition) is 0. The summed E-state index contributed by atoms with van der Waals surface area (Å²) in [4.78, 5) is 20.8. The summed E-state index contributed by atoms with van der Waals surface area (Å²) in [5.41, 5.74) is 0.951. The number of nitrogens with zero attached hydrogens (tertiary/aromatic N) is 3. The largest absolute Gasteiger partial charge is 0.339 e. The van der Waals surface area contributed by atoms with Gasteiger partial charge in [-0.15, -0.1) is 11.3 Å². The first-order valence-corrected chi connectivity index (χ1v) is 7.86. The fourth-order valence-corrected chi connectivity index (χ4v) is 3.17. The lowest BCUT2D eigenvalue weighted by Crippen LogP contribution is -2.10. The van der Waals surface area contributed by atoms with Crippen molar-refractivity contribution in [3.8, 4) is 0 Å². The molecule has 2 heterocycles. The fourth-order valence-electron chi connectivity index (χ4n) is 2.55. The predicted octanol–water partition coefficient (Wildman–Crippen LogP) is 3.04. The SMILES string of the molecule is Cc1nc(Cc2noc(C3CCCCCC3=O)n2)cs1. The van der Waals surface area contributed by atoms with E-state index in [0.29, 0.717) is 24.6 Å². The summed E-state index contributed by atoms with van der Waals surface area (Å²) >= 11 is 1.61. The maximum absolute atomic E-state index is 12.0. The lowest BCUT2D eigenvalue weighted by atomic mass is 9.99. The van der Waals surface area contributed by atoms with E-state index >= 15 is 0 Å². The van der Waals surface area contributed by atoms with Crippen molar-refractivity contribution in [2.24, 2.45) is 0 Å². The smallest absolute Gasteiger partial charge is 0.237 e. The summed E-state index contributed by atoms with van der Waals surface area (Å²) < 4.78 is 5.30. The Kier molecular flexibility index (Phi) is 3.91. The fraction of sp³-hybridized carbons (Fsp3) is 0.571. The molecule has 3 rings (SSSR count). The van der Waals surface area contributed by atoms with Crippen LogP contribution in [0.15, 0.2) is 9.90 Å². The van der Waals surface area contributed by atoms with Crippen LogP contribution in [0.25, 0.3) is 0 Å². The molecule has 1 fully saturated rings. The van der Waals surface area contributed by atoms with Gasteiger partial charge < -0.3 is 4.52 Å². The van der Waals surface area contributed by atoms with Crippen LogP contribution in [-0.4, -0.2) is 20.9 Å². The summed E-state index contributed by atoms with van der Waals surface area (Å²) in [6, 6.07) is 0. The van der Waals surface area contributed by atoms with Gasteiger partial charge >= 0.3 is 0 Å². The van der Waals surface area contributed by atoms with Crippen molar-refractivity contribution < 1.29 is 9.32 Å². The minimum Gasteiger partial charge on any atom is -0.339 e. The Hall–Kier alpha value is -1.56. The highest BCUT2D eigenvalue weighted by Crippen LogP contribution is 2.28. The number of aromatic nitrogens is 3. The molecule has 0 aliphatic heterocycles. The van der Waals surface area contributed by atoms with E-state index in [2.05, 4.69) is 15.1 Å². The Labute approximate surface area is 121 Å². The first kappa shape index (κ1) is 13.4. The number of ketones is 1. The number of rotatable bonds is 3. The van der Waals surface area contributed by atoms with Crippen LogP contribution in [-0.2, 0) is 11.2 Å². The zero-order valence-corrected chi connectivity index (χ0v) is 12.3. The Morgan fingerprint density at radius 3 is 3.05 bits per heavy atom. The van der Waals surface area contributed by atoms with Gasteiger partial charge in [0, 0.05) is 11.8 Å². The van der Waals surface area contributed by atoms with Crippen molar-refractivity contribution >= 4 is 17.1 Å². The summed E-state index contributed by atoms with van der Waals surface area (Å²) in [5, 5.41) is 7.02. The van der Waals surface area contributed by atoms with Gasteiger partial charge in [0.25, 0.3) is 0 Å². The van der Waals surface area contributed by atoms with Crippen LogP contribution in [0.3, 0.4) is 0 Å². The van der Waals surface area contributed by atoms with Crippen LogP contribution in [0.2, 0.25) is 0 Å². The lowest BCUT2D eigenvalue weighted by Gasteiger charge is -2.06. The first-order chi connectivity index (χ1) is 9.72. The number of carbonyl (C=O) groups is 1. The van der Waals surface area contributed by atoms with Crippen molar-refractivity contribution in [3.63, 3.8) is 0 Å². The molecular weight excluding hydrogens is 274 g/mol. The molecule has 0 saturated heterocycles. The molecule has 20 heavy (non-hydrogen) atoms. The van der Waals surface area contributed by atoms with E-state index in [-0.39, 0.29) is 11.7 Å². The zero-order chi connectivity index (χ0) is 13.9. The average Bonchev–Trinajstić information content (AvgIpc) is 2.98. The molecule has 5 nitrogen and oxygen atoms in total. The molecule has 1 unspecified atom stereocenters. The highest BCUT2D eigenvalue weighted by atomic mass is 32.1. The van der Waals surface area contributed by atoms with Gasteiger partial charge in [-0.05, 0) is 19.8 Å². The van der Waals surface area contributed by atoms with Crippen molar-refractivity contribution in [1.82, 2.24) is 15.1 Å². The van der Waals surface area contributed by atoms with Crippen LogP contribution < -0.4 is 0 Å². The number of hydrogen-bond acceptors (Lipinski definition) is 6. The molecule has 0 spiro atoms. The molecule has 1 atom stereocenters. The quantitative estimate of drug-likeness (QED) is 0.813. The standard InChI is InChI=1S/C14H17N3O2S/c1-9-15-10(8-20-9)7-13-16-14(19-17-13)11-5-3-2-4-6-12(11)18/h8,11H,2-7H2,1H3. The van der Waals surface area contributed by atoms with Crippen molar-refractivity contribution in [2.75, 3.05) is 0 Å². The zero-order valence-electron chi connectivity index (χ0n) is 11.5. The Balaban J connectivity index is 1.74. The van der Waals surface area contributed by atoms with Gasteiger partial charge in [-0.25, -0.2) is 4.98 Å². The third-order valence-corrected chi connectivity index (χ3v) is 4.41. The monoisotopic (exact) mass is 291 g/mol. The molecule has 0 aromatic carbocycles. The molecule has 0 radical (unpaired) electrons. The van der Waals surface area contributed by atoms with Crippen LogP contribution in [0.5, 0.6) is 0 Å². The van der Waals surface area contributed by atoms with Gasteiger partial charge in [-0.3, -0.25) is 4.79 Å². The maximum Gasteiger partial charge on any atom is 0.237 e. The van der Waals surface area contributed by atoms with Gasteiger partial charge in [0.1, 0.15) is 5.78 Å².